The van der Waals surface area contributed by atoms with Gasteiger partial charge in [-0.1, -0.05) is 4.52 Å². The Balaban J connectivity index is 2.54. The predicted octanol–water partition coefficient (Wildman–Crippen LogP) is 0.0420. The second-order valence-corrected chi connectivity index (χ2v) is 3.09. The third-order valence-electron chi connectivity index (χ3n) is 1.15. The molecule has 0 aliphatic carbocycles. The molecule has 0 spiro atoms. The number of hydrogen-bond acceptors (Lipinski definition) is 5. The molecule has 1 aliphatic heterocycles. The molecule has 0 aromatic rings. The van der Waals surface area contributed by atoms with Crippen molar-refractivity contribution in [2.24, 2.45) is 11.5 Å². The van der Waals surface area contributed by atoms with E-state index in [1.807, 2.05) is 0 Å². The molecular formula is C4H10N2O3P+. The molecule has 1 rings (SSSR count). The van der Waals surface area contributed by atoms with Crippen molar-refractivity contribution in [3.8, 4) is 0 Å². The molecule has 5 nitrogen and oxygen atoms in total. The fourth-order valence-corrected chi connectivity index (χ4v) is 1.40. The fraction of sp³-hybridized carbons (Fsp3) is 1.00. The molecule has 0 bridgehead atoms. The number of nitrogens with two attached hydrogens (primary N) is 2. The minimum atomic E-state index is -2.11. The van der Waals surface area contributed by atoms with E-state index in [9.17, 15) is 4.57 Å². The first kappa shape index (κ1) is 8.04. The highest BCUT2D eigenvalue weighted by Gasteiger charge is 2.37. The van der Waals surface area contributed by atoms with Crippen LogP contribution in [0.1, 0.15) is 12.8 Å². The molecule has 0 aromatic heterocycles. The summed E-state index contributed by atoms with van der Waals surface area (Å²) >= 11 is 0. The van der Waals surface area contributed by atoms with Gasteiger partial charge in [0.05, 0.1) is 0 Å². The molecule has 58 valence electrons. The fourth-order valence-electron chi connectivity index (χ4n) is 0.698. The van der Waals surface area contributed by atoms with Crippen LogP contribution in [0.4, 0.5) is 0 Å². The van der Waals surface area contributed by atoms with E-state index in [0.717, 1.165) is 0 Å². The van der Waals surface area contributed by atoms with Crippen LogP contribution in [0, 0.1) is 0 Å². The van der Waals surface area contributed by atoms with Gasteiger partial charge in [0.2, 0.25) is 5.85 Å². The highest BCUT2D eigenvalue weighted by atomic mass is 31.1. The predicted molar refractivity (Wildman–Crippen MR) is 35.0 cm³/mol. The van der Waals surface area contributed by atoms with Crippen LogP contribution >= 0.6 is 8.25 Å². The standard InChI is InChI=1S/C4H10N2O3P/c5-4(6)2-1-3-8-10(7)9-4/h1-3,5-6H2/q+1. The third kappa shape index (κ3) is 2.28. The zero-order valence-corrected chi connectivity index (χ0v) is 6.34. The third-order valence-corrected chi connectivity index (χ3v) is 2.04. The summed E-state index contributed by atoms with van der Waals surface area (Å²) < 4.78 is 19.9. The van der Waals surface area contributed by atoms with Gasteiger partial charge in [0.1, 0.15) is 6.61 Å². The Hall–Kier alpha value is -0.0600. The lowest BCUT2D eigenvalue weighted by atomic mass is 10.2. The Kier molecular flexibility index (Phi) is 2.33. The van der Waals surface area contributed by atoms with Gasteiger partial charge in [-0.25, -0.2) is 0 Å². The summed E-state index contributed by atoms with van der Waals surface area (Å²) in [4.78, 5) is 0. The molecule has 1 unspecified atom stereocenters. The normalized spacial score (nSPS) is 29.6. The van der Waals surface area contributed by atoms with Crippen LogP contribution in [0.15, 0.2) is 0 Å². The lowest BCUT2D eigenvalue weighted by Crippen LogP contribution is -2.49. The molecule has 0 saturated carbocycles. The van der Waals surface area contributed by atoms with Crippen molar-refractivity contribution in [3.05, 3.63) is 0 Å². The first-order valence-corrected chi connectivity index (χ1v) is 4.07. The zero-order valence-electron chi connectivity index (χ0n) is 5.45. The van der Waals surface area contributed by atoms with Crippen molar-refractivity contribution in [2.45, 2.75) is 18.7 Å². The first-order chi connectivity index (χ1) is 4.60. The summed E-state index contributed by atoms with van der Waals surface area (Å²) in [6, 6.07) is 0. The Morgan fingerprint density at radius 3 is 2.90 bits per heavy atom. The van der Waals surface area contributed by atoms with Crippen molar-refractivity contribution >= 4 is 8.25 Å². The molecule has 1 aliphatic rings. The first-order valence-electron chi connectivity index (χ1n) is 2.97. The van der Waals surface area contributed by atoms with Gasteiger partial charge in [-0.3, -0.25) is 11.5 Å². The van der Waals surface area contributed by atoms with Crippen LogP contribution in [-0.2, 0) is 13.6 Å². The second kappa shape index (κ2) is 2.90. The lowest BCUT2D eigenvalue weighted by molar-refractivity contribution is 0.0801. The van der Waals surface area contributed by atoms with Crippen LogP contribution < -0.4 is 11.5 Å². The molecule has 1 atom stereocenters. The van der Waals surface area contributed by atoms with Crippen LogP contribution in [0.25, 0.3) is 0 Å². The van der Waals surface area contributed by atoms with Gasteiger partial charge < -0.3 is 0 Å². The number of rotatable bonds is 0. The summed E-state index contributed by atoms with van der Waals surface area (Å²) in [5, 5.41) is 0. The largest absolute Gasteiger partial charge is 0.700 e. The van der Waals surface area contributed by atoms with E-state index in [4.69, 9.17) is 11.5 Å². The van der Waals surface area contributed by atoms with E-state index in [0.29, 0.717) is 19.4 Å². The minimum absolute atomic E-state index is 0.394. The maximum atomic E-state index is 10.6. The van der Waals surface area contributed by atoms with Crippen molar-refractivity contribution in [2.75, 3.05) is 6.61 Å². The van der Waals surface area contributed by atoms with Crippen LogP contribution in [-0.4, -0.2) is 12.5 Å². The molecule has 6 heteroatoms. The van der Waals surface area contributed by atoms with E-state index in [-0.39, 0.29) is 0 Å². The van der Waals surface area contributed by atoms with Gasteiger partial charge in [0.15, 0.2) is 0 Å². The van der Waals surface area contributed by atoms with Gasteiger partial charge in [0.25, 0.3) is 0 Å². The quantitative estimate of drug-likeness (QED) is 0.391. The maximum Gasteiger partial charge on any atom is 0.700 e. The van der Waals surface area contributed by atoms with E-state index < -0.39 is 14.1 Å². The molecule has 1 heterocycles. The molecule has 1 saturated heterocycles. The van der Waals surface area contributed by atoms with Gasteiger partial charge in [-0.05, 0) is 6.42 Å². The highest BCUT2D eigenvalue weighted by Crippen LogP contribution is 2.32. The molecule has 0 amide bonds. The summed E-state index contributed by atoms with van der Waals surface area (Å²) in [7, 11) is -2.11. The van der Waals surface area contributed by atoms with Crippen LogP contribution in [0.5, 0.6) is 0 Å². The van der Waals surface area contributed by atoms with Crippen LogP contribution in [0.2, 0.25) is 0 Å². The Labute approximate surface area is 59.6 Å². The zero-order chi connectivity index (χ0) is 7.61. The summed E-state index contributed by atoms with van der Waals surface area (Å²) in [5.74, 6) is -1.27. The topological polar surface area (TPSA) is 87.6 Å². The Bertz CT molecular complexity index is 149. The Morgan fingerprint density at radius 1 is 1.50 bits per heavy atom. The maximum absolute atomic E-state index is 10.6. The van der Waals surface area contributed by atoms with Gasteiger partial charge in [-0.2, -0.15) is 0 Å². The summed E-state index contributed by atoms with van der Waals surface area (Å²) in [6.07, 6.45) is 1.14. The van der Waals surface area contributed by atoms with Crippen molar-refractivity contribution in [3.63, 3.8) is 0 Å². The average Bonchev–Trinajstić information content (AvgIpc) is 1.90. The highest BCUT2D eigenvalue weighted by molar-refractivity contribution is 7.33. The van der Waals surface area contributed by atoms with E-state index in [2.05, 4.69) is 9.05 Å². The monoisotopic (exact) mass is 165 g/mol. The van der Waals surface area contributed by atoms with Crippen molar-refractivity contribution < 1.29 is 13.6 Å². The molecule has 10 heavy (non-hydrogen) atoms. The van der Waals surface area contributed by atoms with Crippen molar-refractivity contribution in [1.29, 1.82) is 0 Å². The molecular weight excluding hydrogens is 155 g/mol. The van der Waals surface area contributed by atoms with E-state index in [1.54, 1.807) is 0 Å². The molecule has 0 radical (unpaired) electrons. The van der Waals surface area contributed by atoms with Gasteiger partial charge in [0, 0.05) is 11.0 Å². The van der Waals surface area contributed by atoms with Gasteiger partial charge >= 0.3 is 8.25 Å². The minimum Gasteiger partial charge on any atom is -0.287 e. The van der Waals surface area contributed by atoms with Gasteiger partial charge in [-0.15, -0.1) is 4.52 Å². The SMILES string of the molecule is NC1(N)CCCO[P+](=O)O1. The second-order valence-electron chi connectivity index (χ2n) is 2.21. The summed E-state index contributed by atoms with van der Waals surface area (Å²) in [5.41, 5.74) is 10.7. The lowest BCUT2D eigenvalue weighted by Gasteiger charge is -2.12. The average molecular weight is 165 g/mol. The molecule has 4 N–H and O–H groups in total. The van der Waals surface area contributed by atoms with Crippen molar-refractivity contribution in [1.82, 2.24) is 0 Å². The van der Waals surface area contributed by atoms with E-state index >= 15 is 0 Å². The smallest absolute Gasteiger partial charge is 0.287 e. The number of hydrogen-bond donors (Lipinski definition) is 2. The summed E-state index contributed by atoms with van der Waals surface area (Å²) in [6.45, 7) is 0.394. The Morgan fingerprint density at radius 2 is 2.20 bits per heavy atom. The van der Waals surface area contributed by atoms with E-state index in [1.165, 1.54) is 0 Å². The molecule has 0 aromatic carbocycles. The van der Waals surface area contributed by atoms with Crippen LogP contribution in [0.3, 0.4) is 0 Å². The molecule has 1 fully saturated rings.